The Bertz CT molecular complexity index is 1010. The average Bonchev–Trinajstić information content (AvgIpc) is 3.04. The SMILES string of the molecule is CCCOC(=O)OCO/C(=C(/C#N)c1ccc(C(C)(C)C)cc1)c1c(C)c(C)nn1CC. The first-order valence-corrected chi connectivity index (χ1v) is 10.9. The van der Waals surface area contributed by atoms with Crippen LogP contribution < -0.4 is 0 Å². The van der Waals surface area contributed by atoms with Crippen molar-refractivity contribution in [3.8, 4) is 6.07 Å². The molecule has 32 heavy (non-hydrogen) atoms. The second-order valence-corrected chi connectivity index (χ2v) is 8.52. The highest BCUT2D eigenvalue weighted by molar-refractivity contribution is 5.94. The van der Waals surface area contributed by atoms with Crippen LogP contribution >= 0.6 is 0 Å². The number of carbonyl (C=O) groups excluding carboxylic acids is 1. The Kier molecular flexibility index (Phi) is 8.48. The Morgan fingerprint density at radius 2 is 1.75 bits per heavy atom. The Hall–Kier alpha value is -3.27. The molecule has 0 saturated carbocycles. The van der Waals surface area contributed by atoms with Crippen LogP contribution in [0.2, 0.25) is 0 Å². The van der Waals surface area contributed by atoms with Gasteiger partial charge < -0.3 is 14.2 Å². The van der Waals surface area contributed by atoms with Crippen LogP contribution in [0.1, 0.15) is 69.1 Å². The fourth-order valence-electron chi connectivity index (χ4n) is 3.19. The minimum absolute atomic E-state index is 0.00436. The molecule has 0 aliphatic rings. The third-order valence-electron chi connectivity index (χ3n) is 5.12. The largest absolute Gasteiger partial charge is 0.511 e. The number of aromatic nitrogens is 2. The van der Waals surface area contributed by atoms with E-state index < -0.39 is 6.16 Å². The number of nitriles is 1. The van der Waals surface area contributed by atoms with Crippen molar-refractivity contribution in [3.63, 3.8) is 0 Å². The van der Waals surface area contributed by atoms with Gasteiger partial charge in [0, 0.05) is 12.1 Å². The molecule has 172 valence electrons. The van der Waals surface area contributed by atoms with Crippen molar-refractivity contribution >= 4 is 17.5 Å². The lowest BCUT2D eigenvalue weighted by Gasteiger charge is -2.19. The summed E-state index contributed by atoms with van der Waals surface area (Å²) in [6.45, 7) is 14.6. The van der Waals surface area contributed by atoms with Crippen LogP contribution in [0.25, 0.3) is 11.3 Å². The second-order valence-electron chi connectivity index (χ2n) is 8.52. The van der Waals surface area contributed by atoms with E-state index in [-0.39, 0.29) is 18.8 Å². The zero-order valence-electron chi connectivity index (χ0n) is 20.1. The van der Waals surface area contributed by atoms with Crippen LogP contribution in [0.3, 0.4) is 0 Å². The van der Waals surface area contributed by atoms with Gasteiger partial charge in [0.05, 0.1) is 12.3 Å². The van der Waals surface area contributed by atoms with Gasteiger partial charge in [0.2, 0.25) is 6.79 Å². The van der Waals surface area contributed by atoms with Crippen molar-refractivity contribution in [1.82, 2.24) is 9.78 Å². The highest BCUT2D eigenvalue weighted by atomic mass is 16.8. The molecule has 0 spiro atoms. The molecule has 2 rings (SSSR count). The average molecular weight is 440 g/mol. The van der Waals surface area contributed by atoms with E-state index >= 15 is 0 Å². The summed E-state index contributed by atoms with van der Waals surface area (Å²) in [5.41, 5.74) is 4.63. The Morgan fingerprint density at radius 3 is 2.28 bits per heavy atom. The van der Waals surface area contributed by atoms with E-state index in [4.69, 9.17) is 14.2 Å². The lowest BCUT2D eigenvalue weighted by molar-refractivity contribution is -0.00561. The number of hydrogen-bond donors (Lipinski definition) is 0. The quantitative estimate of drug-likeness (QED) is 0.225. The second kappa shape index (κ2) is 10.9. The molecule has 2 aromatic rings. The maximum atomic E-state index is 11.7. The van der Waals surface area contributed by atoms with Gasteiger partial charge in [0.25, 0.3) is 0 Å². The molecule has 0 radical (unpaired) electrons. The first-order chi connectivity index (χ1) is 15.1. The predicted molar refractivity (Wildman–Crippen MR) is 124 cm³/mol. The molecule has 0 aliphatic carbocycles. The predicted octanol–water partition coefficient (Wildman–Crippen LogP) is 5.75. The molecule has 1 aromatic carbocycles. The van der Waals surface area contributed by atoms with E-state index in [9.17, 15) is 10.1 Å². The minimum atomic E-state index is -0.809. The van der Waals surface area contributed by atoms with Gasteiger partial charge in [-0.15, -0.1) is 0 Å². The van der Waals surface area contributed by atoms with Crippen LogP contribution in [-0.2, 0) is 26.2 Å². The maximum absolute atomic E-state index is 11.7. The molecule has 0 fully saturated rings. The number of allylic oxidation sites excluding steroid dienone is 1. The van der Waals surface area contributed by atoms with E-state index in [1.165, 1.54) is 0 Å². The number of aryl methyl sites for hydroxylation is 2. The van der Waals surface area contributed by atoms with Gasteiger partial charge in [0.1, 0.15) is 17.3 Å². The fraction of sp³-hybridized carbons (Fsp3) is 0.480. The van der Waals surface area contributed by atoms with E-state index in [0.29, 0.717) is 35.6 Å². The number of rotatable bonds is 8. The molecule has 0 saturated heterocycles. The van der Waals surface area contributed by atoms with Crippen molar-refractivity contribution in [2.24, 2.45) is 0 Å². The number of hydrogen-bond acceptors (Lipinski definition) is 6. The molecule has 0 bridgehead atoms. The van der Waals surface area contributed by atoms with Gasteiger partial charge in [-0.3, -0.25) is 4.68 Å². The highest BCUT2D eigenvalue weighted by Crippen LogP contribution is 2.32. The third kappa shape index (κ3) is 5.91. The summed E-state index contributed by atoms with van der Waals surface area (Å²) in [7, 11) is 0. The van der Waals surface area contributed by atoms with Gasteiger partial charge in [-0.05, 0) is 43.7 Å². The zero-order chi connectivity index (χ0) is 23.9. The molecule has 0 N–H and O–H groups in total. The van der Waals surface area contributed by atoms with Crippen LogP contribution in [0, 0.1) is 25.2 Å². The third-order valence-corrected chi connectivity index (χ3v) is 5.12. The summed E-state index contributed by atoms with van der Waals surface area (Å²) >= 11 is 0. The van der Waals surface area contributed by atoms with E-state index in [1.54, 1.807) is 4.68 Å². The van der Waals surface area contributed by atoms with Crippen molar-refractivity contribution in [2.75, 3.05) is 13.4 Å². The summed E-state index contributed by atoms with van der Waals surface area (Å²) in [6, 6.07) is 10.1. The molecule has 0 aliphatic heterocycles. The van der Waals surface area contributed by atoms with E-state index in [2.05, 4.69) is 31.9 Å². The lowest BCUT2D eigenvalue weighted by atomic mass is 9.86. The number of nitrogens with zero attached hydrogens (tertiary/aromatic N) is 3. The van der Waals surface area contributed by atoms with Gasteiger partial charge >= 0.3 is 6.16 Å². The molecule has 1 heterocycles. The number of carbonyl (C=O) groups is 1. The number of ether oxygens (including phenoxy) is 3. The van der Waals surface area contributed by atoms with Crippen molar-refractivity contribution < 1.29 is 19.0 Å². The van der Waals surface area contributed by atoms with E-state index in [1.807, 2.05) is 52.0 Å². The van der Waals surface area contributed by atoms with E-state index in [0.717, 1.165) is 16.8 Å². The van der Waals surface area contributed by atoms with Crippen LogP contribution in [0.15, 0.2) is 24.3 Å². The summed E-state index contributed by atoms with van der Waals surface area (Å²) < 4.78 is 17.7. The molecule has 0 unspecified atom stereocenters. The minimum Gasteiger partial charge on any atom is -0.454 e. The standard InChI is InChI=1S/C25H33N3O4/c1-8-14-30-24(29)32-16-31-23(22-17(3)18(4)27-28(22)9-2)21(15-26)19-10-12-20(13-11-19)25(5,6)7/h10-13H,8-9,14,16H2,1-7H3/b23-21-. The molecular weight excluding hydrogens is 406 g/mol. The summed E-state index contributed by atoms with van der Waals surface area (Å²) in [5, 5.41) is 14.6. The first kappa shape index (κ1) is 25.0. The topological polar surface area (TPSA) is 86.4 Å². The van der Waals surface area contributed by atoms with Gasteiger partial charge in [0.15, 0.2) is 5.76 Å². The smallest absolute Gasteiger partial charge is 0.454 e. The van der Waals surface area contributed by atoms with Crippen molar-refractivity contribution in [1.29, 1.82) is 5.26 Å². The van der Waals surface area contributed by atoms with Gasteiger partial charge in [-0.2, -0.15) is 10.4 Å². The van der Waals surface area contributed by atoms with Crippen molar-refractivity contribution in [2.45, 2.75) is 66.8 Å². The van der Waals surface area contributed by atoms with Crippen LogP contribution in [-0.4, -0.2) is 29.3 Å². The summed E-state index contributed by atoms with van der Waals surface area (Å²) in [5.74, 6) is 0.319. The molecule has 0 amide bonds. The van der Waals surface area contributed by atoms with Crippen molar-refractivity contribution in [3.05, 3.63) is 52.3 Å². The molecular formula is C25H33N3O4. The summed E-state index contributed by atoms with van der Waals surface area (Å²) in [4.78, 5) is 11.7. The van der Waals surface area contributed by atoms with Gasteiger partial charge in [-0.25, -0.2) is 4.79 Å². The monoisotopic (exact) mass is 439 g/mol. The molecule has 1 aromatic heterocycles. The first-order valence-electron chi connectivity index (χ1n) is 10.9. The lowest BCUT2D eigenvalue weighted by Crippen LogP contribution is -2.13. The Balaban J connectivity index is 2.51. The molecule has 7 heteroatoms. The molecule has 7 nitrogen and oxygen atoms in total. The van der Waals surface area contributed by atoms with Crippen LogP contribution in [0.5, 0.6) is 0 Å². The Morgan fingerprint density at radius 1 is 1.09 bits per heavy atom. The normalized spacial score (nSPS) is 12.1. The fourth-order valence-corrected chi connectivity index (χ4v) is 3.19. The Labute approximate surface area is 190 Å². The summed E-state index contributed by atoms with van der Waals surface area (Å²) in [6.07, 6.45) is -0.116. The zero-order valence-corrected chi connectivity index (χ0v) is 20.1. The number of benzene rings is 1. The van der Waals surface area contributed by atoms with Gasteiger partial charge in [-0.1, -0.05) is 52.0 Å². The molecule has 0 atom stereocenters. The maximum Gasteiger partial charge on any atom is 0.511 e. The highest BCUT2D eigenvalue weighted by Gasteiger charge is 2.23. The van der Waals surface area contributed by atoms with Crippen LogP contribution in [0.4, 0.5) is 4.79 Å².